The molecule has 0 bridgehead atoms. The summed E-state index contributed by atoms with van der Waals surface area (Å²) >= 11 is 6.45. The smallest absolute Gasteiger partial charge is 0.417 e. The number of nitrogens with zero attached hydrogens (tertiary/aromatic N) is 3. The minimum absolute atomic E-state index is 0.0472. The number of carbonyl (C=O) groups is 1. The number of amides is 1. The Morgan fingerprint density at radius 1 is 1.19 bits per heavy atom. The Morgan fingerprint density at radius 2 is 1.88 bits per heavy atom. The number of ether oxygens (including phenoxy) is 1. The summed E-state index contributed by atoms with van der Waals surface area (Å²) in [6.07, 6.45) is -4.66. The van der Waals surface area contributed by atoms with Crippen molar-refractivity contribution in [1.29, 1.82) is 0 Å². The van der Waals surface area contributed by atoms with Crippen LogP contribution in [0, 0.1) is 0 Å². The molecule has 1 aromatic heterocycles. The molecule has 1 amide bonds. The quantitative estimate of drug-likeness (QED) is 0.282. The fourth-order valence-electron chi connectivity index (χ4n) is 2.51. The summed E-state index contributed by atoms with van der Waals surface area (Å²) in [5.74, 6) is 5.25. The van der Waals surface area contributed by atoms with Crippen LogP contribution >= 0.6 is 23.4 Å². The van der Waals surface area contributed by atoms with E-state index < -0.39 is 29.3 Å². The monoisotopic (exact) mass is 493 g/mol. The van der Waals surface area contributed by atoms with Gasteiger partial charge < -0.3 is 15.9 Å². The van der Waals surface area contributed by atoms with Crippen LogP contribution in [0.25, 0.3) is 11.4 Å². The summed E-state index contributed by atoms with van der Waals surface area (Å²) in [6, 6.07) is 8.51. The zero-order valence-corrected chi connectivity index (χ0v) is 17.3. The van der Waals surface area contributed by atoms with E-state index in [0.29, 0.717) is 5.56 Å². The van der Waals surface area contributed by atoms with E-state index in [9.17, 15) is 26.7 Å². The Bertz CT molecular complexity index is 1110. The molecule has 0 aliphatic heterocycles. The summed E-state index contributed by atoms with van der Waals surface area (Å²) in [5.41, 5.74) is -0.687. The number of hydrogen-bond acceptors (Lipinski definition) is 6. The molecule has 0 unspecified atom stereocenters. The molecule has 0 fully saturated rings. The second kappa shape index (κ2) is 9.61. The highest BCUT2D eigenvalue weighted by molar-refractivity contribution is 7.99. The van der Waals surface area contributed by atoms with Gasteiger partial charge in [0.1, 0.15) is 5.75 Å². The molecule has 0 atom stereocenters. The molecule has 0 aliphatic carbocycles. The molecule has 14 heteroatoms. The SMILES string of the molecule is Nn1c(SCC(=O)Nc2ccc(Cl)c(C(F)(F)F)c2)nnc1-c1ccc(OC(F)F)cc1. The van der Waals surface area contributed by atoms with Gasteiger partial charge in [0.05, 0.1) is 16.3 Å². The number of nitrogen functional groups attached to an aromatic ring is 1. The number of alkyl halides is 5. The maximum atomic E-state index is 12.9. The Labute approximate surface area is 186 Å². The van der Waals surface area contributed by atoms with Crippen LogP contribution < -0.4 is 15.9 Å². The number of carbonyl (C=O) groups excluding carboxylic acids is 1. The van der Waals surface area contributed by atoms with Gasteiger partial charge in [-0.1, -0.05) is 23.4 Å². The number of benzene rings is 2. The fourth-order valence-corrected chi connectivity index (χ4v) is 3.39. The molecule has 0 spiro atoms. The molecule has 3 N–H and O–H groups in total. The first-order valence-corrected chi connectivity index (χ1v) is 9.96. The number of halogens is 6. The fraction of sp³-hybridized carbons (Fsp3) is 0.167. The molecule has 2 aromatic carbocycles. The summed E-state index contributed by atoms with van der Waals surface area (Å²) in [7, 11) is 0. The van der Waals surface area contributed by atoms with Crippen molar-refractivity contribution in [2.75, 3.05) is 16.9 Å². The van der Waals surface area contributed by atoms with Gasteiger partial charge >= 0.3 is 12.8 Å². The lowest BCUT2D eigenvalue weighted by Gasteiger charge is -2.11. The van der Waals surface area contributed by atoms with E-state index in [1.807, 2.05) is 0 Å². The van der Waals surface area contributed by atoms with E-state index in [-0.39, 0.29) is 28.2 Å². The summed E-state index contributed by atoms with van der Waals surface area (Å²) in [4.78, 5) is 12.1. The number of hydrogen-bond donors (Lipinski definition) is 2. The lowest BCUT2D eigenvalue weighted by molar-refractivity contribution is -0.137. The number of rotatable bonds is 7. The summed E-state index contributed by atoms with van der Waals surface area (Å²) < 4.78 is 68.6. The summed E-state index contributed by atoms with van der Waals surface area (Å²) in [6.45, 7) is -2.96. The number of aromatic nitrogens is 3. The van der Waals surface area contributed by atoms with Crippen molar-refractivity contribution in [3.8, 4) is 17.1 Å². The van der Waals surface area contributed by atoms with Crippen molar-refractivity contribution in [3.63, 3.8) is 0 Å². The normalized spacial score (nSPS) is 11.6. The largest absolute Gasteiger partial charge is 0.435 e. The molecule has 32 heavy (non-hydrogen) atoms. The van der Waals surface area contributed by atoms with Gasteiger partial charge in [-0.25, -0.2) is 4.68 Å². The first-order chi connectivity index (χ1) is 15.0. The Morgan fingerprint density at radius 3 is 2.50 bits per heavy atom. The van der Waals surface area contributed by atoms with Crippen molar-refractivity contribution in [1.82, 2.24) is 14.9 Å². The lowest BCUT2D eigenvalue weighted by Crippen LogP contribution is -2.17. The van der Waals surface area contributed by atoms with Gasteiger partial charge in [-0.15, -0.1) is 10.2 Å². The highest BCUT2D eigenvalue weighted by Gasteiger charge is 2.33. The molecule has 0 radical (unpaired) electrons. The van der Waals surface area contributed by atoms with Crippen molar-refractivity contribution < 1.29 is 31.5 Å². The van der Waals surface area contributed by atoms with Gasteiger partial charge in [-0.05, 0) is 42.5 Å². The van der Waals surface area contributed by atoms with Crippen LogP contribution in [0.5, 0.6) is 5.75 Å². The van der Waals surface area contributed by atoms with Crippen molar-refractivity contribution in [3.05, 3.63) is 53.1 Å². The van der Waals surface area contributed by atoms with Crippen LogP contribution in [0.15, 0.2) is 47.6 Å². The molecule has 170 valence electrons. The average molecular weight is 494 g/mol. The van der Waals surface area contributed by atoms with Crippen LogP contribution in [0.2, 0.25) is 5.02 Å². The van der Waals surface area contributed by atoms with Gasteiger partial charge in [-0.3, -0.25) is 4.79 Å². The predicted molar refractivity (Wildman–Crippen MR) is 108 cm³/mol. The number of thioether (sulfide) groups is 1. The second-order valence-electron chi connectivity index (χ2n) is 6.11. The van der Waals surface area contributed by atoms with Crippen molar-refractivity contribution >= 4 is 35.0 Å². The first-order valence-electron chi connectivity index (χ1n) is 8.59. The molecule has 7 nitrogen and oxygen atoms in total. The third kappa shape index (κ3) is 5.79. The minimum atomic E-state index is -4.66. The van der Waals surface area contributed by atoms with Crippen LogP contribution in [0.3, 0.4) is 0 Å². The number of nitrogens with two attached hydrogens (primary N) is 1. The van der Waals surface area contributed by atoms with E-state index in [4.69, 9.17) is 17.4 Å². The van der Waals surface area contributed by atoms with E-state index in [2.05, 4.69) is 20.3 Å². The molecule has 0 aliphatic rings. The van der Waals surface area contributed by atoms with Gasteiger partial charge in [-0.2, -0.15) is 22.0 Å². The maximum Gasteiger partial charge on any atom is 0.417 e. The lowest BCUT2D eigenvalue weighted by atomic mass is 10.2. The van der Waals surface area contributed by atoms with Crippen LogP contribution in [-0.2, 0) is 11.0 Å². The van der Waals surface area contributed by atoms with Crippen LogP contribution in [0.1, 0.15) is 5.56 Å². The van der Waals surface area contributed by atoms with Crippen molar-refractivity contribution in [2.45, 2.75) is 17.9 Å². The summed E-state index contributed by atoms with van der Waals surface area (Å²) in [5, 5.41) is 9.75. The van der Waals surface area contributed by atoms with E-state index in [0.717, 1.165) is 28.6 Å². The van der Waals surface area contributed by atoms with Gasteiger partial charge in [0.25, 0.3) is 0 Å². The van der Waals surface area contributed by atoms with Crippen molar-refractivity contribution in [2.24, 2.45) is 0 Å². The highest BCUT2D eigenvalue weighted by atomic mass is 35.5. The van der Waals surface area contributed by atoms with Crippen LogP contribution in [-0.4, -0.2) is 33.1 Å². The zero-order chi connectivity index (χ0) is 23.5. The predicted octanol–water partition coefficient (Wildman–Crippen LogP) is 4.66. The van der Waals surface area contributed by atoms with Crippen LogP contribution in [0.4, 0.5) is 27.6 Å². The molecule has 0 saturated heterocycles. The van der Waals surface area contributed by atoms with Gasteiger partial charge in [0.15, 0.2) is 5.82 Å². The molecule has 3 rings (SSSR count). The average Bonchev–Trinajstić information content (AvgIpc) is 3.07. The van der Waals surface area contributed by atoms with E-state index in [1.54, 1.807) is 0 Å². The molecular weight excluding hydrogens is 481 g/mol. The molecule has 3 aromatic rings. The molecule has 1 heterocycles. The third-order valence-corrected chi connectivity index (χ3v) is 5.16. The van der Waals surface area contributed by atoms with Gasteiger partial charge in [0.2, 0.25) is 11.1 Å². The second-order valence-corrected chi connectivity index (χ2v) is 7.46. The zero-order valence-electron chi connectivity index (χ0n) is 15.7. The Hall–Kier alpha value is -3.06. The highest BCUT2D eigenvalue weighted by Crippen LogP contribution is 2.36. The maximum absolute atomic E-state index is 12.9. The molecular formula is C18H13ClF5N5O2S. The molecule has 0 saturated carbocycles. The Kier molecular flexibility index (Phi) is 7.09. The van der Waals surface area contributed by atoms with E-state index in [1.165, 1.54) is 30.3 Å². The minimum Gasteiger partial charge on any atom is -0.435 e. The third-order valence-electron chi connectivity index (χ3n) is 3.89. The van der Waals surface area contributed by atoms with E-state index >= 15 is 0 Å². The Balaban J connectivity index is 1.63. The first kappa shape index (κ1) is 23.6. The number of nitrogens with one attached hydrogen (secondary N) is 1. The van der Waals surface area contributed by atoms with Gasteiger partial charge in [0, 0.05) is 11.3 Å². The topological polar surface area (TPSA) is 95.1 Å². The standard InChI is InChI=1S/C18H13ClF5N5O2S/c19-13-6-3-10(7-12(13)18(22,23)24)26-14(30)8-32-17-28-27-15(29(17)25)9-1-4-11(5-2-9)31-16(20)21/h1-7,16H,8,25H2,(H,26,30). The number of anilines is 1.